The number of ether oxygens (including phenoxy) is 2. The van der Waals surface area contributed by atoms with Gasteiger partial charge in [0.25, 0.3) is 0 Å². The lowest BCUT2D eigenvalue weighted by atomic mass is 10.1. The lowest BCUT2D eigenvalue weighted by Gasteiger charge is -2.17. The van der Waals surface area contributed by atoms with Crippen LogP contribution in [0.4, 0.5) is 0 Å². The second kappa shape index (κ2) is 24.9. The second-order valence-corrected chi connectivity index (χ2v) is 8.37. The van der Waals surface area contributed by atoms with E-state index >= 15 is 0 Å². The molecular formula is C25H53NO2. The molecule has 3 nitrogen and oxygen atoms in total. The van der Waals surface area contributed by atoms with E-state index in [1.165, 1.54) is 83.5 Å². The number of nitrogens with one attached hydrogen (secondary N) is 1. The largest absolute Gasteiger partial charge is 0.381 e. The van der Waals surface area contributed by atoms with Gasteiger partial charge < -0.3 is 14.8 Å². The minimum absolute atomic E-state index is 0.531. The predicted molar refractivity (Wildman–Crippen MR) is 124 cm³/mol. The Kier molecular flexibility index (Phi) is 24.8. The maximum absolute atomic E-state index is 5.56. The molecule has 3 heteroatoms. The molecule has 0 aromatic heterocycles. The van der Waals surface area contributed by atoms with Crippen molar-refractivity contribution in [2.24, 2.45) is 0 Å². The average Bonchev–Trinajstić information content (AvgIpc) is 2.84. The fourth-order valence-corrected chi connectivity index (χ4v) is 3.54. The van der Waals surface area contributed by atoms with Gasteiger partial charge in [-0.05, 0) is 32.2 Å². The van der Waals surface area contributed by atoms with E-state index < -0.39 is 0 Å². The van der Waals surface area contributed by atoms with Gasteiger partial charge in [-0.25, -0.2) is 0 Å². The molecule has 170 valence electrons. The van der Waals surface area contributed by atoms with E-state index in [1.54, 1.807) is 0 Å². The molecule has 1 unspecified atom stereocenters. The molecule has 1 saturated heterocycles. The molecule has 1 fully saturated rings. The fraction of sp³-hybridized carbons (Fsp3) is 1.00. The van der Waals surface area contributed by atoms with Gasteiger partial charge in [0.05, 0.1) is 6.61 Å². The normalized spacial score (nSPS) is 17.9. The third kappa shape index (κ3) is 22.2. The van der Waals surface area contributed by atoms with Crippen molar-refractivity contribution < 1.29 is 9.47 Å². The SMILES string of the molecule is CCCCCCCCCCCCCC.CCCOCC1CCCOCCCN1. The Bertz CT molecular complexity index is 251. The maximum Gasteiger partial charge on any atom is 0.0619 e. The first-order valence-electron chi connectivity index (χ1n) is 12.7. The van der Waals surface area contributed by atoms with E-state index in [9.17, 15) is 0 Å². The highest BCUT2D eigenvalue weighted by Crippen LogP contribution is 2.11. The number of rotatable bonds is 15. The van der Waals surface area contributed by atoms with Crippen LogP contribution in [0.3, 0.4) is 0 Å². The summed E-state index contributed by atoms with van der Waals surface area (Å²) in [5, 5.41) is 3.52. The van der Waals surface area contributed by atoms with Crippen molar-refractivity contribution in [3.8, 4) is 0 Å². The second-order valence-electron chi connectivity index (χ2n) is 8.37. The Morgan fingerprint density at radius 3 is 1.79 bits per heavy atom. The molecule has 1 aliphatic rings. The lowest BCUT2D eigenvalue weighted by Crippen LogP contribution is -2.34. The Balaban J connectivity index is 0.000000521. The number of hydrogen-bond donors (Lipinski definition) is 1. The van der Waals surface area contributed by atoms with Crippen LogP contribution in [0, 0.1) is 0 Å². The molecule has 0 bridgehead atoms. The van der Waals surface area contributed by atoms with E-state index in [0.717, 1.165) is 52.2 Å². The van der Waals surface area contributed by atoms with Crippen LogP contribution >= 0.6 is 0 Å². The van der Waals surface area contributed by atoms with Gasteiger partial charge in [0, 0.05) is 25.9 Å². The molecule has 1 heterocycles. The van der Waals surface area contributed by atoms with E-state index in [2.05, 4.69) is 26.1 Å². The third-order valence-electron chi connectivity index (χ3n) is 5.36. The molecule has 0 saturated carbocycles. The van der Waals surface area contributed by atoms with Crippen LogP contribution < -0.4 is 5.32 Å². The van der Waals surface area contributed by atoms with Crippen LogP contribution in [0.2, 0.25) is 0 Å². The van der Waals surface area contributed by atoms with E-state index in [1.807, 2.05) is 0 Å². The van der Waals surface area contributed by atoms with Crippen molar-refractivity contribution in [2.45, 2.75) is 130 Å². The smallest absolute Gasteiger partial charge is 0.0619 e. The molecule has 28 heavy (non-hydrogen) atoms. The first-order valence-corrected chi connectivity index (χ1v) is 12.7. The summed E-state index contributed by atoms with van der Waals surface area (Å²) in [4.78, 5) is 0. The van der Waals surface area contributed by atoms with Crippen molar-refractivity contribution in [1.82, 2.24) is 5.32 Å². The Morgan fingerprint density at radius 1 is 0.714 bits per heavy atom. The van der Waals surface area contributed by atoms with Crippen LogP contribution in [0.5, 0.6) is 0 Å². The van der Waals surface area contributed by atoms with Crippen LogP contribution in [0.15, 0.2) is 0 Å². The molecule has 1 rings (SSSR count). The molecular weight excluding hydrogens is 346 g/mol. The van der Waals surface area contributed by atoms with Crippen LogP contribution in [-0.4, -0.2) is 39.0 Å². The van der Waals surface area contributed by atoms with Gasteiger partial charge in [-0.1, -0.05) is 97.8 Å². The van der Waals surface area contributed by atoms with E-state index in [0.29, 0.717) is 6.04 Å². The highest BCUT2D eigenvalue weighted by atomic mass is 16.5. The summed E-state index contributed by atoms with van der Waals surface area (Å²) in [6, 6.07) is 0.531. The molecule has 0 amide bonds. The average molecular weight is 400 g/mol. The lowest BCUT2D eigenvalue weighted by molar-refractivity contribution is 0.106. The number of unbranched alkanes of at least 4 members (excludes halogenated alkanes) is 11. The summed E-state index contributed by atoms with van der Waals surface area (Å²) >= 11 is 0. The first-order chi connectivity index (χ1) is 13.8. The molecule has 0 aromatic carbocycles. The molecule has 0 spiro atoms. The summed E-state index contributed by atoms with van der Waals surface area (Å²) < 4.78 is 11.0. The first kappa shape index (κ1) is 27.9. The Labute approximate surface area is 177 Å². The van der Waals surface area contributed by atoms with Gasteiger partial charge in [-0.3, -0.25) is 0 Å². The zero-order valence-electron chi connectivity index (χ0n) is 19.7. The van der Waals surface area contributed by atoms with Crippen molar-refractivity contribution in [2.75, 3.05) is 33.0 Å². The van der Waals surface area contributed by atoms with Gasteiger partial charge in [-0.15, -0.1) is 0 Å². The number of hydrogen-bond acceptors (Lipinski definition) is 3. The van der Waals surface area contributed by atoms with E-state index in [-0.39, 0.29) is 0 Å². The zero-order valence-corrected chi connectivity index (χ0v) is 19.7. The van der Waals surface area contributed by atoms with Crippen molar-refractivity contribution in [1.29, 1.82) is 0 Å². The van der Waals surface area contributed by atoms with Gasteiger partial charge >= 0.3 is 0 Å². The standard InChI is InChI=1S/C14H30.C11H23NO2/c1-3-5-7-9-11-13-14-12-10-8-6-4-2;1-2-7-14-10-11-5-3-8-13-9-4-6-12-11/h3-14H2,1-2H3;11-12H,2-10H2,1H3. The van der Waals surface area contributed by atoms with Gasteiger partial charge in [-0.2, -0.15) is 0 Å². The Morgan fingerprint density at radius 2 is 1.25 bits per heavy atom. The fourth-order valence-electron chi connectivity index (χ4n) is 3.54. The maximum atomic E-state index is 5.56. The monoisotopic (exact) mass is 399 g/mol. The highest BCUT2D eigenvalue weighted by molar-refractivity contribution is 4.67. The van der Waals surface area contributed by atoms with Gasteiger partial charge in [0.15, 0.2) is 0 Å². The summed E-state index contributed by atoms with van der Waals surface area (Å²) in [6.45, 7) is 11.3. The summed E-state index contributed by atoms with van der Waals surface area (Å²) in [7, 11) is 0. The topological polar surface area (TPSA) is 30.5 Å². The minimum Gasteiger partial charge on any atom is -0.381 e. The highest BCUT2D eigenvalue weighted by Gasteiger charge is 2.09. The van der Waals surface area contributed by atoms with Gasteiger partial charge in [0.2, 0.25) is 0 Å². The zero-order chi connectivity index (χ0) is 20.5. The molecule has 1 atom stereocenters. The molecule has 0 aromatic rings. The van der Waals surface area contributed by atoms with Crippen LogP contribution in [0.1, 0.15) is 124 Å². The predicted octanol–water partition coefficient (Wildman–Crippen LogP) is 7.28. The molecule has 0 radical (unpaired) electrons. The van der Waals surface area contributed by atoms with Crippen LogP contribution in [-0.2, 0) is 9.47 Å². The molecule has 1 N–H and O–H groups in total. The molecule has 0 aliphatic carbocycles. The van der Waals surface area contributed by atoms with Crippen LogP contribution in [0.25, 0.3) is 0 Å². The third-order valence-corrected chi connectivity index (χ3v) is 5.36. The van der Waals surface area contributed by atoms with E-state index in [4.69, 9.17) is 9.47 Å². The van der Waals surface area contributed by atoms with Crippen molar-refractivity contribution >= 4 is 0 Å². The van der Waals surface area contributed by atoms with Gasteiger partial charge in [0.1, 0.15) is 0 Å². The summed E-state index contributed by atoms with van der Waals surface area (Å²) in [6.07, 6.45) is 22.0. The molecule has 1 aliphatic heterocycles. The minimum atomic E-state index is 0.531. The quantitative estimate of drug-likeness (QED) is 0.293. The van der Waals surface area contributed by atoms with Crippen molar-refractivity contribution in [3.63, 3.8) is 0 Å². The summed E-state index contributed by atoms with van der Waals surface area (Å²) in [5.41, 5.74) is 0. The van der Waals surface area contributed by atoms with Crippen molar-refractivity contribution in [3.05, 3.63) is 0 Å². The summed E-state index contributed by atoms with van der Waals surface area (Å²) in [5.74, 6) is 0. The Hall–Kier alpha value is -0.120.